The van der Waals surface area contributed by atoms with Gasteiger partial charge in [-0.2, -0.15) is 0 Å². The zero-order valence-corrected chi connectivity index (χ0v) is 18.7. The van der Waals surface area contributed by atoms with E-state index in [0.717, 1.165) is 22.3 Å². The van der Waals surface area contributed by atoms with Gasteiger partial charge in [0.25, 0.3) is 0 Å². The van der Waals surface area contributed by atoms with E-state index in [9.17, 15) is 19.1 Å². The van der Waals surface area contributed by atoms with Crippen molar-refractivity contribution in [1.82, 2.24) is 19.8 Å². The summed E-state index contributed by atoms with van der Waals surface area (Å²) < 4.78 is 15.9. The minimum Gasteiger partial charge on any atom is -0.478 e. The molecular formula is C25H27FN4O3. The molecule has 1 amide bonds. The molecule has 0 fully saturated rings. The van der Waals surface area contributed by atoms with Gasteiger partial charge < -0.3 is 19.9 Å². The molecule has 0 spiro atoms. The first-order chi connectivity index (χ1) is 15.9. The van der Waals surface area contributed by atoms with Crippen molar-refractivity contribution >= 4 is 22.9 Å². The van der Waals surface area contributed by atoms with Crippen LogP contribution in [0.15, 0.2) is 54.2 Å². The van der Waals surface area contributed by atoms with Crippen molar-refractivity contribution in [1.29, 1.82) is 0 Å². The van der Waals surface area contributed by atoms with Crippen LogP contribution in [0.2, 0.25) is 0 Å². The van der Waals surface area contributed by atoms with Crippen LogP contribution in [0.1, 0.15) is 30.7 Å². The summed E-state index contributed by atoms with van der Waals surface area (Å²) >= 11 is 0. The van der Waals surface area contributed by atoms with Gasteiger partial charge in [0.2, 0.25) is 5.91 Å². The highest BCUT2D eigenvalue weighted by Crippen LogP contribution is 2.30. The SMILES string of the molecule is C/C=C(/CNC(C)C(=O)N1CCc2c(n(Cc3cccc(F)c3)c3ncccc23)C1)C(=O)O. The lowest BCUT2D eigenvalue weighted by molar-refractivity contribution is -0.135. The van der Waals surface area contributed by atoms with Crippen LogP contribution in [0.3, 0.4) is 0 Å². The van der Waals surface area contributed by atoms with Crippen molar-refractivity contribution in [3.8, 4) is 0 Å². The van der Waals surface area contributed by atoms with Gasteiger partial charge in [0.05, 0.1) is 12.6 Å². The Hall–Kier alpha value is -3.52. The number of nitrogens with one attached hydrogen (secondary N) is 1. The molecule has 0 saturated carbocycles. The van der Waals surface area contributed by atoms with Gasteiger partial charge in [-0.25, -0.2) is 14.2 Å². The number of allylic oxidation sites excluding steroid dienone is 1. The van der Waals surface area contributed by atoms with Gasteiger partial charge >= 0.3 is 5.97 Å². The van der Waals surface area contributed by atoms with E-state index < -0.39 is 12.0 Å². The fourth-order valence-corrected chi connectivity index (χ4v) is 4.36. The number of carbonyl (C=O) groups is 2. The van der Waals surface area contributed by atoms with Crippen LogP contribution in [-0.4, -0.2) is 50.6 Å². The lowest BCUT2D eigenvalue weighted by Gasteiger charge is -2.31. The van der Waals surface area contributed by atoms with E-state index in [1.807, 2.05) is 18.2 Å². The minimum atomic E-state index is -0.998. The van der Waals surface area contributed by atoms with Gasteiger partial charge in [-0.05, 0) is 55.7 Å². The quantitative estimate of drug-likeness (QED) is 0.540. The molecule has 3 heterocycles. The topological polar surface area (TPSA) is 87.5 Å². The number of benzene rings is 1. The highest BCUT2D eigenvalue weighted by Gasteiger charge is 2.29. The monoisotopic (exact) mass is 450 g/mol. The highest BCUT2D eigenvalue weighted by molar-refractivity contribution is 5.88. The van der Waals surface area contributed by atoms with Gasteiger partial charge in [-0.15, -0.1) is 0 Å². The standard InChI is InChI=1S/C25H27FN4O3/c1-3-18(25(32)33)13-28-16(2)24(31)29-11-9-20-21-8-5-10-27-23(21)30(22(20)15-29)14-17-6-4-7-19(26)12-17/h3-8,10,12,16,28H,9,11,13-15H2,1-2H3,(H,32,33)/b18-3-. The Morgan fingerprint density at radius 3 is 2.85 bits per heavy atom. The number of halogens is 1. The number of aromatic nitrogens is 2. The third-order valence-electron chi connectivity index (χ3n) is 6.15. The van der Waals surface area contributed by atoms with Gasteiger partial charge in [0.1, 0.15) is 11.5 Å². The molecule has 33 heavy (non-hydrogen) atoms. The Morgan fingerprint density at radius 2 is 2.12 bits per heavy atom. The fourth-order valence-electron chi connectivity index (χ4n) is 4.36. The van der Waals surface area contributed by atoms with Crippen molar-refractivity contribution in [2.45, 2.75) is 39.4 Å². The van der Waals surface area contributed by atoms with Gasteiger partial charge in [-0.1, -0.05) is 18.2 Å². The molecule has 0 bridgehead atoms. The normalized spacial score (nSPS) is 14.9. The van der Waals surface area contributed by atoms with Gasteiger partial charge in [0.15, 0.2) is 0 Å². The van der Waals surface area contributed by atoms with Crippen LogP contribution in [0.5, 0.6) is 0 Å². The van der Waals surface area contributed by atoms with E-state index in [-0.39, 0.29) is 23.8 Å². The molecular weight excluding hydrogens is 423 g/mol. The van der Waals surface area contributed by atoms with E-state index in [4.69, 9.17) is 0 Å². The van der Waals surface area contributed by atoms with Crippen LogP contribution >= 0.6 is 0 Å². The Kier molecular flexibility index (Phi) is 6.55. The summed E-state index contributed by atoms with van der Waals surface area (Å²) in [6.07, 6.45) is 3.96. The Morgan fingerprint density at radius 1 is 1.30 bits per heavy atom. The summed E-state index contributed by atoms with van der Waals surface area (Å²) in [4.78, 5) is 30.7. The molecule has 1 atom stereocenters. The summed E-state index contributed by atoms with van der Waals surface area (Å²) in [5.74, 6) is -1.37. The highest BCUT2D eigenvalue weighted by atomic mass is 19.1. The van der Waals surface area contributed by atoms with Crippen LogP contribution < -0.4 is 5.32 Å². The second-order valence-corrected chi connectivity index (χ2v) is 8.25. The molecule has 1 aromatic carbocycles. The smallest absolute Gasteiger partial charge is 0.332 e. The second-order valence-electron chi connectivity index (χ2n) is 8.25. The zero-order valence-electron chi connectivity index (χ0n) is 18.7. The van der Waals surface area contributed by atoms with Crippen LogP contribution in [-0.2, 0) is 29.1 Å². The van der Waals surface area contributed by atoms with Gasteiger partial charge in [-0.3, -0.25) is 4.79 Å². The summed E-state index contributed by atoms with van der Waals surface area (Å²) in [5, 5.41) is 13.3. The van der Waals surface area contributed by atoms with Crippen molar-refractivity contribution in [2.75, 3.05) is 13.1 Å². The van der Waals surface area contributed by atoms with Crippen molar-refractivity contribution in [3.63, 3.8) is 0 Å². The lowest BCUT2D eigenvalue weighted by atomic mass is 10.0. The molecule has 1 unspecified atom stereocenters. The van der Waals surface area contributed by atoms with Crippen LogP contribution in [0.25, 0.3) is 11.0 Å². The van der Waals surface area contributed by atoms with Crippen LogP contribution in [0.4, 0.5) is 4.39 Å². The maximum atomic E-state index is 13.8. The fraction of sp³-hybridized carbons (Fsp3) is 0.320. The molecule has 0 saturated heterocycles. The number of hydrogen-bond acceptors (Lipinski definition) is 4. The summed E-state index contributed by atoms with van der Waals surface area (Å²) in [7, 11) is 0. The number of nitrogens with zero attached hydrogens (tertiary/aromatic N) is 3. The number of fused-ring (bicyclic) bond motifs is 3. The summed E-state index contributed by atoms with van der Waals surface area (Å²) in [6, 6.07) is 9.91. The van der Waals surface area contributed by atoms with E-state index in [1.165, 1.54) is 23.8 Å². The molecule has 0 radical (unpaired) electrons. The number of aliphatic carboxylic acids is 1. The largest absolute Gasteiger partial charge is 0.478 e. The number of amides is 1. The minimum absolute atomic E-state index is 0.0861. The van der Waals surface area contributed by atoms with Crippen molar-refractivity contribution in [3.05, 3.63) is 76.9 Å². The third-order valence-corrected chi connectivity index (χ3v) is 6.15. The molecule has 7 nitrogen and oxygen atoms in total. The molecule has 4 rings (SSSR count). The molecule has 8 heteroatoms. The molecule has 1 aliphatic heterocycles. The van der Waals surface area contributed by atoms with E-state index >= 15 is 0 Å². The average molecular weight is 451 g/mol. The third kappa shape index (κ3) is 4.66. The number of pyridine rings is 1. The molecule has 2 aromatic heterocycles. The Bertz CT molecular complexity index is 1230. The first-order valence-corrected chi connectivity index (χ1v) is 11.0. The summed E-state index contributed by atoms with van der Waals surface area (Å²) in [5.41, 5.74) is 4.04. The van der Waals surface area contributed by atoms with Crippen LogP contribution in [0, 0.1) is 5.82 Å². The number of carboxylic acid groups (broad SMARTS) is 1. The second kappa shape index (κ2) is 9.54. The predicted molar refractivity (Wildman–Crippen MR) is 123 cm³/mol. The number of hydrogen-bond donors (Lipinski definition) is 2. The van der Waals surface area contributed by atoms with Crippen molar-refractivity contribution < 1.29 is 19.1 Å². The lowest BCUT2D eigenvalue weighted by Crippen LogP contribution is -2.47. The first kappa shape index (κ1) is 22.7. The molecule has 1 aliphatic rings. The number of carbonyl (C=O) groups excluding carboxylic acids is 1. The zero-order chi connectivity index (χ0) is 23.5. The average Bonchev–Trinajstić information content (AvgIpc) is 3.11. The van der Waals surface area contributed by atoms with Crippen molar-refractivity contribution in [2.24, 2.45) is 0 Å². The Balaban J connectivity index is 1.58. The van der Waals surface area contributed by atoms with Gasteiger partial charge in [0, 0.05) is 42.5 Å². The predicted octanol–water partition coefficient (Wildman–Crippen LogP) is 3.12. The van der Waals surface area contributed by atoms with E-state index in [1.54, 1.807) is 31.0 Å². The molecule has 0 aliphatic carbocycles. The molecule has 3 aromatic rings. The van der Waals surface area contributed by atoms with E-state index in [2.05, 4.69) is 14.9 Å². The maximum Gasteiger partial charge on any atom is 0.332 e. The van der Waals surface area contributed by atoms with E-state index in [0.29, 0.717) is 26.1 Å². The first-order valence-electron chi connectivity index (χ1n) is 11.0. The Labute approximate surface area is 191 Å². The molecule has 172 valence electrons. The number of rotatable bonds is 7. The molecule has 2 N–H and O–H groups in total. The number of carboxylic acids is 1. The summed E-state index contributed by atoms with van der Waals surface area (Å²) in [6.45, 7) is 4.97. The maximum absolute atomic E-state index is 13.8.